The first-order valence-electron chi connectivity index (χ1n) is 17.1. The summed E-state index contributed by atoms with van der Waals surface area (Å²) >= 11 is 0. The largest absolute Gasteiger partial charge is 0.475 e. The summed E-state index contributed by atoms with van der Waals surface area (Å²) in [5.74, 6) is -0.750. The zero-order chi connectivity index (χ0) is 35.2. The number of carbonyl (C=O) groups is 1. The van der Waals surface area contributed by atoms with E-state index in [-0.39, 0.29) is 62.5 Å². The molecule has 13 heteroatoms. The Morgan fingerprint density at radius 1 is 0.980 bits per heavy atom. The second-order valence-electron chi connectivity index (χ2n) is 13.8. The number of hydrogen-bond donors (Lipinski definition) is 2. The SMILES string of the molecule is CC.Cc1cccc(C)c1-c1cc2nc(n1)NS(=O)(=O)c1cccc(c1)C(=O)N(C1CC3(CCNCC3)C1)C(CC1(C(F)(F)F)CC1)CO2.[HH].[HH]. The minimum atomic E-state index is -4.44. The zero-order valence-electron chi connectivity index (χ0n) is 28.4. The van der Waals surface area contributed by atoms with Crippen LogP contribution in [0.15, 0.2) is 53.4 Å². The molecule has 2 aliphatic carbocycles. The fourth-order valence-electron chi connectivity index (χ4n) is 7.77. The highest BCUT2D eigenvalue weighted by atomic mass is 32.2. The summed E-state index contributed by atoms with van der Waals surface area (Å²) in [4.78, 5) is 24.7. The van der Waals surface area contributed by atoms with Crippen LogP contribution >= 0.6 is 0 Å². The van der Waals surface area contributed by atoms with E-state index in [4.69, 9.17) is 4.74 Å². The molecule has 268 valence electrons. The number of ether oxygens (including phenoxy) is 1. The second-order valence-corrected chi connectivity index (χ2v) is 15.5. The summed E-state index contributed by atoms with van der Waals surface area (Å²) in [5, 5.41) is 3.37. The van der Waals surface area contributed by atoms with Gasteiger partial charge >= 0.3 is 6.18 Å². The van der Waals surface area contributed by atoms with E-state index in [0.29, 0.717) is 18.5 Å². The molecule has 3 heterocycles. The van der Waals surface area contributed by atoms with Crippen LogP contribution in [0, 0.1) is 24.7 Å². The number of benzene rings is 2. The molecule has 1 amide bonds. The first kappa shape index (κ1) is 35.1. The van der Waals surface area contributed by atoms with E-state index in [1.807, 2.05) is 45.9 Å². The Balaban J connectivity index is 0.00000143. The van der Waals surface area contributed by atoms with Gasteiger partial charge in [-0.25, -0.2) is 18.1 Å². The van der Waals surface area contributed by atoms with Crippen molar-refractivity contribution in [1.29, 1.82) is 0 Å². The van der Waals surface area contributed by atoms with Crippen molar-refractivity contribution in [3.8, 4) is 17.1 Å². The van der Waals surface area contributed by atoms with Crippen LogP contribution in [0.2, 0.25) is 0 Å². The molecule has 2 aromatic carbocycles. The molecule has 1 unspecified atom stereocenters. The summed E-state index contributed by atoms with van der Waals surface area (Å²) < 4.78 is 79.3. The Kier molecular flexibility index (Phi) is 9.46. The number of carbonyl (C=O) groups excluding carboxylic acids is 1. The lowest BCUT2D eigenvalue weighted by Gasteiger charge is -2.55. The predicted molar refractivity (Wildman–Crippen MR) is 185 cm³/mol. The lowest BCUT2D eigenvalue weighted by Crippen LogP contribution is -2.60. The van der Waals surface area contributed by atoms with Gasteiger partial charge in [0, 0.05) is 26.1 Å². The number of halogens is 3. The minimum Gasteiger partial charge on any atom is -0.475 e. The van der Waals surface area contributed by atoms with E-state index in [2.05, 4.69) is 20.0 Å². The fraction of sp³-hybridized carbons (Fsp3) is 0.528. The van der Waals surface area contributed by atoms with Crippen LogP contribution < -0.4 is 14.8 Å². The summed E-state index contributed by atoms with van der Waals surface area (Å²) in [7, 11) is -4.26. The van der Waals surface area contributed by atoms with Gasteiger partial charge in [0.1, 0.15) is 6.61 Å². The van der Waals surface area contributed by atoms with Gasteiger partial charge in [0.2, 0.25) is 11.8 Å². The number of piperidine rings is 1. The fourth-order valence-corrected chi connectivity index (χ4v) is 8.76. The number of aromatic nitrogens is 2. The van der Waals surface area contributed by atoms with Crippen molar-refractivity contribution in [3.63, 3.8) is 0 Å². The second kappa shape index (κ2) is 13.2. The Morgan fingerprint density at radius 3 is 2.27 bits per heavy atom. The first-order chi connectivity index (χ1) is 23.3. The van der Waals surface area contributed by atoms with Crippen LogP contribution in [-0.4, -0.2) is 67.1 Å². The topological polar surface area (TPSA) is 114 Å². The van der Waals surface area contributed by atoms with E-state index in [1.165, 1.54) is 24.3 Å². The number of rotatable bonds is 4. The number of fused-ring (bicyclic) bond motifs is 4. The van der Waals surface area contributed by atoms with Crippen molar-refractivity contribution in [2.45, 2.75) is 95.8 Å². The molecule has 1 spiro atoms. The van der Waals surface area contributed by atoms with Crippen LogP contribution in [0.25, 0.3) is 11.3 Å². The van der Waals surface area contributed by atoms with Crippen molar-refractivity contribution in [1.82, 2.24) is 20.2 Å². The first-order valence-corrected chi connectivity index (χ1v) is 18.6. The maximum Gasteiger partial charge on any atom is 0.394 e. The van der Waals surface area contributed by atoms with Crippen molar-refractivity contribution in [3.05, 3.63) is 65.2 Å². The lowest BCUT2D eigenvalue weighted by molar-refractivity contribution is -0.194. The van der Waals surface area contributed by atoms with Crippen LogP contribution in [0.4, 0.5) is 19.1 Å². The van der Waals surface area contributed by atoms with Gasteiger partial charge in [-0.1, -0.05) is 38.1 Å². The summed E-state index contributed by atoms with van der Waals surface area (Å²) in [6.45, 7) is 9.28. The highest BCUT2D eigenvalue weighted by Gasteiger charge is 2.64. The summed E-state index contributed by atoms with van der Waals surface area (Å²) in [5.41, 5.74) is 1.15. The number of anilines is 1. The molecule has 0 radical (unpaired) electrons. The molecule has 3 fully saturated rings. The molecule has 3 aromatic rings. The quantitative estimate of drug-likeness (QED) is 0.289. The van der Waals surface area contributed by atoms with Crippen LogP contribution in [0.3, 0.4) is 0 Å². The van der Waals surface area contributed by atoms with E-state index < -0.39 is 33.6 Å². The van der Waals surface area contributed by atoms with Gasteiger partial charge in [0.05, 0.1) is 22.0 Å². The minimum absolute atomic E-state index is 0. The molecule has 49 heavy (non-hydrogen) atoms. The average Bonchev–Trinajstić information content (AvgIpc) is 3.85. The Morgan fingerprint density at radius 2 is 1.63 bits per heavy atom. The van der Waals surface area contributed by atoms with E-state index in [9.17, 15) is 26.4 Å². The number of aryl methyl sites for hydroxylation is 2. The highest BCUT2D eigenvalue weighted by molar-refractivity contribution is 7.92. The van der Waals surface area contributed by atoms with Gasteiger partial charge < -0.3 is 15.0 Å². The molecule has 4 aliphatic rings. The molecular weight excluding hydrogens is 655 g/mol. The normalized spacial score (nSPS) is 22.6. The van der Waals surface area contributed by atoms with E-state index in [1.54, 1.807) is 11.0 Å². The molecule has 2 saturated carbocycles. The lowest BCUT2D eigenvalue weighted by atomic mass is 9.60. The van der Waals surface area contributed by atoms with Crippen LogP contribution in [0.5, 0.6) is 5.88 Å². The average molecular weight is 704 g/mol. The third-order valence-electron chi connectivity index (χ3n) is 10.6. The Labute approximate surface area is 289 Å². The molecule has 1 saturated heterocycles. The van der Waals surface area contributed by atoms with Gasteiger partial charge in [-0.2, -0.15) is 18.2 Å². The Bertz CT molecular complexity index is 1810. The maximum absolute atomic E-state index is 14.5. The Hall–Kier alpha value is -3.71. The van der Waals surface area contributed by atoms with Crippen molar-refractivity contribution in [2.24, 2.45) is 10.8 Å². The zero-order valence-corrected chi connectivity index (χ0v) is 29.2. The van der Waals surface area contributed by atoms with E-state index >= 15 is 0 Å². The van der Waals surface area contributed by atoms with Gasteiger partial charge in [-0.15, -0.1) is 0 Å². The van der Waals surface area contributed by atoms with Gasteiger partial charge in [0.15, 0.2) is 0 Å². The number of sulfonamides is 1. The number of nitrogens with zero attached hydrogens (tertiary/aromatic N) is 3. The van der Waals surface area contributed by atoms with Gasteiger partial charge in [-0.05, 0) is 107 Å². The number of amides is 1. The molecule has 9 nitrogen and oxygen atoms in total. The molecule has 1 atom stereocenters. The van der Waals surface area contributed by atoms with Crippen LogP contribution in [-0.2, 0) is 10.0 Å². The molecule has 7 rings (SSSR count). The molecule has 4 bridgehead atoms. The van der Waals surface area contributed by atoms with Crippen molar-refractivity contribution >= 4 is 21.9 Å². The standard InChI is InChI=1S/C34H38F3N5O4S.C2H6.2H2/c1-21-5-3-6-22(2)29(21)27-16-28-40-31(39-27)41-47(44,45)26-8-4-7-23(15-26)30(43)42(24-17-32(18-24)11-13-38-14-12-32)25(20-46-28)19-33(9-10-33)34(35,36)37;1-2;;/h3-8,15-16,24-25,38H,9-14,17-20H2,1-2H3,(H,39,40,41);1-2H3;2*1H. The summed E-state index contributed by atoms with van der Waals surface area (Å²) in [6, 6.07) is 11.7. The number of hydrogen-bond acceptors (Lipinski definition) is 7. The number of nitrogens with one attached hydrogen (secondary N) is 2. The van der Waals surface area contributed by atoms with Gasteiger partial charge in [0.25, 0.3) is 15.9 Å². The molecule has 2 aliphatic heterocycles. The van der Waals surface area contributed by atoms with E-state index in [0.717, 1.165) is 42.6 Å². The molecule has 1 aromatic heterocycles. The molecule has 2 N–H and O–H groups in total. The predicted octanol–water partition coefficient (Wildman–Crippen LogP) is 7.55. The molecular formula is C36H48F3N5O4S. The van der Waals surface area contributed by atoms with Crippen molar-refractivity contribution < 1.29 is 34.0 Å². The monoisotopic (exact) mass is 703 g/mol. The maximum atomic E-state index is 14.5. The van der Waals surface area contributed by atoms with Gasteiger partial charge in [-0.3, -0.25) is 4.79 Å². The third-order valence-corrected chi connectivity index (χ3v) is 11.9. The van der Waals surface area contributed by atoms with Crippen LogP contribution in [0.1, 0.15) is 83.1 Å². The smallest absolute Gasteiger partial charge is 0.394 e. The highest BCUT2D eigenvalue weighted by Crippen LogP contribution is 2.61. The van der Waals surface area contributed by atoms with Crippen molar-refractivity contribution in [2.75, 3.05) is 24.4 Å². The third kappa shape index (κ3) is 6.88. The number of alkyl halides is 3. The summed E-state index contributed by atoms with van der Waals surface area (Å²) in [6.07, 6.45) is -1.57.